The van der Waals surface area contributed by atoms with Crippen molar-refractivity contribution in [2.24, 2.45) is 0 Å². The van der Waals surface area contributed by atoms with E-state index in [1.165, 1.54) is 29.1 Å². The molecule has 25 heavy (non-hydrogen) atoms. The average molecular weight is 360 g/mol. The van der Waals surface area contributed by atoms with Crippen molar-refractivity contribution >= 4 is 34.1 Å². The number of benzene rings is 2. The molecule has 0 aliphatic carbocycles. The van der Waals surface area contributed by atoms with Gasteiger partial charge in [0.25, 0.3) is 5.56 Å². The molecule has 0 aliphatic rings. The highest BCUT2D eigenvalue weighted by Gasteiger charge is 2.21. The largest absolute Gasteiger partial charge is 0.324 e. The van der Waals surface area contributed by atoms with Crippen molar-refractivity contribution in [2.75, 3.05) is 5.32 Å². The lowest BCUT2D eigenvalue weighted by atomic mass is 10.1. The third kappa shape index (κ3) is 3.39. The molecule has 1 amide bonds. The van der Waals surface area contributed by atoms with Crippen molar-refractivity contribution in [3.05, 3.63) is 70.0 Å². The minimum atomic E-state index is -0.742. The van der Waals surface area contributed by atoms with Crippen LogP contribution in [0.2, 0.25) is 5.02 Å². The molecule has 7 heteroatoms. The molecule has 0 unspecified atom stereocenters. The fourth-order valence-electron chi connectivity index (χ4n) is 2.61. The molecule has 5 nitrogen and oxygen atoms in total. The number of fused-ring (bicyclic) bond motifs is 1. The summed E-state index contributed by atoms with van der Waals surface area (Å²) in [5, 5.41) is 3.02. The topological polar surface area (TPSA) is 64.0 Å². The van der Waals surface area contributed by atoms with Crippen LogP contribution in [0.1, 0.15) is 19.4 Å². The maximum absolute atomic E-state index is 13.2. The van der Waals surface area contributed by atoms with Crippen LogP contribution in [0.5, 0.6) is 0 Å². The molecule has 3 aromatic rings. The number of carbonyl (C=O) groups excluding carboxylic acids is 1. The second kappa shape index (κ2) is 7.03. The standard InChI is InChI=1S/C18H15ClFN3O2/c1-2-16(17(24)22-11-7-8-14(20)13(19)9-11)23-10-21-15-6-4-3-5-12(15)18(23)25/h3-10,16H,2H2,1H3,(H,22,24)/t16-/m0/s1. The van der Waals surface area contributed by atoms with Gasteiger partial charge in [-0.1, -0.05) is 30.7 Å². The Morgan fingerprint density at radius 1 is 1.32 bits per heavy atom. The van der Waals surface area contributed by atoms with Crippen LogP contribution in [0.3, 0.4) is 0 Å². The third-order valence-electron chi connectivity index (χ3n) is 3.90. The summed E-state index contributed by atoms with van der Waals surface area (Å²) in [5.74, 6) is -0.967. The minimum Gasteiger partial charge on any atom is -0.324 e. The molecular formula is C18H15ClFN3O2. The molecule has 1 heterocycles. The molecule has 1 N–H and O–H groups in total. The zero-order valence-electron chi connectivity index (χ0n) is 13.4. The fraction of sp³-hybridized carbons (Fsp3) is 0.167. The van der Waals surface area contributed by atoms with Gasteiger partial charge in [-0.2, -0.15) is 0 Å². The Labute approximate surface area is 148 Å². The molecule has 0 radical (unpaired) electrons. The number of anilines is 1. The molecule has 1 aromatic heterocycles. The zero-order chi connectivity index (χ0) is 18.0. The van der Waals surface area contributed by atoms with Crippen molar-refractivity contribution in [2.45, 2.75) is 19.4 Å². The molecule has 2 aromatic carbocycles. The van der Waals surface area contributed by atoms with Gasteiger partial charge in [0.2, 0.25) is 5.91 Å². The first-order valence-corrected chi connectivity index (χ1v) is 8.11. The highest BCUT2D eigenvalue weighted by Crippen LogP contribution is 2.21. The Balaban J connectivity index is 1.94. The smallest absolute Gasteiger partial charge is 0.261 e. The van der Waals surface area contributed by atoms with Crippen molar-refractivity contribution in [1.82, 2.24) is 9.55 Å². The van der Waals surface area contributed by atoms with Gasteiger partial charge in [0.1, 0.15) is 11.9 Å². The summed E-state index contributed by atoms with van der Waals surface area (Å²) in [6.07, 6.45) is 1.76. The van der Waals surface area contributed by atoms with Gasteiger partial charge in [-0.3, -0.25) is 14.2 Å². The van der Waals surface area contributed by atoms with Crippen molar-refractivity contribution in [1.29, 1.82) is 0 Å². The Bertz CT molecular complexity index is 1000. The van der Waals surface area contributed by atoms with E-state index < -0.39 is 17.8 Å². The summed E-state index contributed by atoms with van der Waals surface area (Å²) in [4.78, 5) is 29.5. The van der Waals surface area contributed by atoms with Gasteiger partial charge in [0.15, 0.2) is 0 Å². The van der Waals surface area contributed by atoms with Crippen LogP contribution >= 0.6 is 11.6 Å². The van der Waals surface area contributed by atoms with E-state index in [9.17, 15) is 14.0 Å². The van der Waals surface area contributed by atoms with Crippen LogP contribution in [-0.2, 0) is 4.79 Å². The Morgan fingerprint density at radius 3 is 2.80 bits per heavy atom. The second-order valence-corrected chi connectivity index (χ2v) is 5.92. The lowest BCUT2D eigenvalue weighted by molar-refractivity contribution is -0.119. The van der Waals surface area contributed by atoms with Crippen LogP contribution in [0, 0.1) is 5.82 Å². The molecule has 0 fully saturated rings. The first kappa shape index (κ1) is 17.1. The Hall–Kier alpha value is -2.73. The first-order valence-electron chi connectivity index (χ1n) is 7.73. The highest BCUT2D eigenvalue weighted by atomic mass is 35.5. The number of nitrogens with zero attached hydrogens (tertiary/aromatic N) is 2. The maximum atomic E-state index is 13.2. The van der Waals surface area contributed by atoms with Crippen LogP contribution in [0.25, 0.3) is 10.9 Å². The lowest BCUT2D eigenvalue weighted by Crippen LogP contribution is -2.33. The third-order valence-corrected chi connectivity index (χ3v) is 4.19. The van der Waals surface area contributed by atoms with E-state index in [-0.39, 0.29) is 10.6 Å². The minimum absolute atomic E-state index is 0.0876. The number of carbonyl (C=O) groups is 1. The van der Waals surface area contributed by atoms with Crippen LogP contribution in [-0.4, -0.2) is 15.5 Å². The van der Waals surface area contributed by atoms with E-state index in [2.05, 4.69) is 10.3 Å². The van der Waals surface area contributed by atoms with Gasteiger partial charge in [0.05, 0.1) is 22.3 Å². The lowest BCUT2D eigenvalue weighted by Gasteiger charge is -2.18. The van der Waals surface area contributed by atoms with Gasteiger partial charge >= 0.3 is 0 Å². The molecule has 128 valence electrons. The van der Waals surface area contributed by atoms with Crippen LogP contribution in [0.4, 0.5) is 10.1 Å². The summed E-state index contributed by atoms with van der Waals surface area (Å²) < 4.78 is 14.5. The van der Waals surface area contributed by atoms with Gasteiger partial charge in [0, 0.05) is 5.69 Å². The molecule has 0 bridgehead atoms. The number of halogens is 2. The van der Waals surface area contributed by atoms with Gasteiger partial charge < -0.3 is 5.32 Å². The molecule has 1 atom stereocenters. The number of hydrogen-bond acceptors (Lipinski definition) is 3. The first-order chi connectivity index (χ1) is 12.0. The summed E-state index contributed by atoms with van der Waals surface area (Å²) in [5.41, 5.74) is 0.644. The predicted molar refractivity (Wildman–Crippen MR) is 95.4 cm³/mol. The SMILES string of the molecule is CC[C@@H](C(=O)Nc1ccc(F)c(Cl)c1)n1cnc2ccccc2c1=O. The van der Waals surface area contributed by atoms with Crippen molar-refractivity contribution in [3.63, 3.8) is 0 Å². The van der Waals surface area contributed by atoms with Gasteiger partial charge in [-0.25, -0.2) is 9.37 Å². The second-order valence-electron chi connectivity index (χ2n) is 5.52. The van der Waals surface area contributed by atoms with E-state index in [4.69, 9.17) is 11.6 Å². The Kier molecular flexibility index (Phi) is 4.81. The molecule has 3 rings (SSSR count). The van der Waals surface area contributed by atoms with E-state index in [0.29, 0.717) is 23.0 Å². The summed E-state index contributed by atoms with van der Waals surface area (Å²) in [6, 6.07) is 10.1. The number of amides is 1. The fourth-order valence-corrected chi connectivity index (χ4v) is 2.79. The van der Waals surface area contributed by atoms with E-state index in [1.54, 1.807) is 31.2 Å². The normalized spacial score (nSPS) is 12.1. The molecule has 0 spiro atoms. The number of rotatable bonds is 4. The van der Waals surface area contributed by atoms with Crippen molar-refractivity contribution < 1.29 is 9.18 Å². The van der Waals surface area contributed by atoms with E-state index >= 15 is 0 Å². The quantitative estimate of drug-likeness (QED) is 0.771. The summed E-state index contributed by atoms with van der Waals surface area (Å²) in [7, 11) is 0. The summed E-state index contributed by atoms with van der Waals surface area (Å²) in [6.45, 7) is 1.80. The van der Waals surface area contributed by atoms with Crippen LogP contribution < -0.4 is 10.9 Å². The molecular weight excluding hydrogens is 345 g/mol. The van der Waals surface area contributed by atoms with Crippen LogP contribution in [0.15, 0.2) is 53.6 Å². The number of aromatic nitrogens is 2. The molecule has 0 saturated heterocycles. The molecule has 0 aliphatic heterocycles. The maximum Gasteiger partial charge on any atom is 0.261 e. The monoisotopic (exact) mass is 359 g/mol. The predicted octanol–water partition coefficient (Wildman–Crippen LogP) is 3.78. The van der Waals surface area contributed by atoms with Gasteiger partial charge in [-0.15, -0.1) is 0 Å². The Morgan fingerprint density at radius 2 is 2.08 bits per heavy atom. The van der Waals surface area contributed by atoms with E-state index in [0.717, 1.165) is 0 Å². The average Bonchev–Trinajstić information content (AvgIpc) is 2.61. The number of nitrogens with one attached hydrogen (secondary N) is 1. The number of para-hydroxylation sites is 1. The summed E-state index contributed by atoms with van der Waals surface area (Å²) >= 11 is 5.73. The number of hydrogen-bond donors (Lipinski definition) is 1. The highest BCUT2D eigenvalue weighted by molar-refractivity contribution is 6.31. The van der Waals surface area contributed by atoms with Crippen molar-refractivity contribution in [3.8, 4) is 0 Å². The van der Waals surface area contributed by atoms with E-state index in [1.807, 2.05) is 0 Å². The zero-order valence-corrected chi connectivity index (χ0v) is 14.1. The molecule has 0 saturated carbocycles. The van der Waals surface area contributed by atoms with Gasteiger partial charge in [-0.05, 0) is 36.8 Å².